The minimum atomic E-state index is -4.43. The Labute approximate surface area is 102 Å². The van der Waals surface area contributed by atoms with Gasteiger partial charge in [-0.1, -0.05) is 5.16 Å². The first-order valence-corrected chi connectivity index (χ1v) is 5.22. The lowest BCUT2D eigenvalue weighted by Crippen LogP contribution is -2.30. The topological polar surface area (TPSA) is 96.9 Å². The van der Waals surface area contributed by atoms with Crippen LogP contribution in [0.5, 0.6) is 0 Å². The molecule has 0 radical (unpaired) electrons. The molecule has 0 fully saturated rings. The maximum absolute atomic E-state index is 11.7. The van der Waals surface area contributed by atoms with Crippen LogP contribution in [-0.4, -0.2) is 42.9 Å². The molecular weight excluding hydrogens is 255 g/mol. The first kappa shape index (κ1) is 16.5. The molecule has 0 bridgehead atoms. The fourth-order valence-corrected chi connectivity index (χ4v) is 1.02. The lowest BCUT2D eigenvalue weighted by Gasteiger charge is -2.08. The number of carbonyl (C=O) groups is 1. The molecule has 106 valence electrons. The molecule has 0 spiro atoms. The molecule has 0 saturated heterocycles. The van der Waals surface area contributed by atoms with Crippen LogP contribution in [0.15, 0.2) is 5.16 Å². The van der Waals surface area contributed by atoms with E-state index in [9.17, 15) is 18.0 Å². The van der Waals surface area contributed by atoms with Gasteiger partial charge >= 0.3 is 6.18 Å². The van der Waals surface area contributed by atoms with Gasteiger partial charge in [0.2, 0.25) is 5.91 Å². The number of alkyl halides is 3. The first-order valence-electron chi connectivity index (χ1n) is 5.22. The molecule has 0 heterocycles. The highest BCUT2D eigenvalue weighted by Crippen LogP contribution is 2.13. The number of halogens is 3. The normalized spacial score (nSPS) is 12.5. The van der Waals surface area contributed by atoms with Crippen molar-refractivity contribution in [2.75, 3.05) is 19.8 Å². The molecule has 0 aromatic carbocycles. The monoisotopic (exact) mass is 271 g/mol. The third kappa shape index (κ3) is 11.0. The van der Waals surface area contributed by atoms with Crippen LogP contribution in [0, 0.1) is 0 Å². The fourth-order valence-electron chi connectivity index (χ4n) is 1.02. The van der Waals surface area contributed by atoms with Gasteiger partial charge in [0.1, 0.15) is 19.0 Å². The maximum atomic E-state index is 11.7. The second-order valence-corrected chi connectivity index (χ2v) is 3.51. The largest absolute Gasteiger partial charge is 0.411 e. The molecule has 0 aromatic heterocycles. The predicted molar refractivity (Wildman–Crippen MR) is 57.1 cm³/mol. The van der Waals surface area contributed by atoms with Gasteiger partial charge in [0.15, 0.2) is 0 Å². The van der Waals surface area contributed by atoms with Gasteiger partial charge in [-0.2, -0.15) is 13.2 Å². The molecule has 18 heavy (non-hydrogen) atoms. The molecule has 0 atom stereocenters. The minimum absolute atomic E-state index is 0.0924. The summed E-state index contributed by atoms with van der Waals surface area (Å²) in [6.07, 6.45) is -2.88. The third-order valence-electron chi connectivity index (χ3n) is 1.81. The maximum Gasteiger partial charge on any atom is 0.411 e. The summed E-state index contributed by atoms with van der Waals surface area (Å²) in [7, 11) is 0. The van der Waals surface area contributed by atoms with Crippen LogP contribution in [0.4, 0.5) is 13.2 Å². The van der Waals surface area contributed by atoms with Crippen LogP contribution in [0.3, 0.4) is 0 Å². The number of nitrogens with zero attached hydrogens (tertiary/aromatic N) is 1. The van der Waals surface area contributed by atoms with Crippen LogP contribution in [0.1, 0.15) is 19.3 Å². The van der Waals surface area contributed by atoms with E-state index in [0.717, 1.165) is 0 Å². The van der Waals surface area contributed by atoms with E-state index in [-0.39, 0.29) is 5.84 Å². The molecule has 9 heteroatoms. The van der Waals surface area contributed by atoms with E-state index in [0.29, 0.717) is 25.8 Å². The molecule has 0 aromatic rings. The summed E-state index contributed by atoms with van der Waals surface area (Å²) in [5.41, 5.74) is 5.21. The lowest BCUT2D eigenvalue weighted by molar-refractivity contribution is -0.175. The van der Waals surface area contributed by atoms with Crippen molar-refractivity contribution in [3.05, 3.63) is 0 Å². The third-order valence-corrected chi connectivity index (χ3v) is 1.81. The number of rotatable bonds is 8. The van der Waals surface area contributed by atoms with Crippen LogP contribution < -0.4 is 11.1 Å². The van der Waals surface area contributed by atoms with Gasteiger partial charge in [-0.15, -0.1) is 0 Å². The van der Waals surface area contributed by atoms with Gasteiger partial charge in [-0.05, 0) is 12.8 Å². The summed E-state index contributed by atoms with van der Waals surface area (Å²) in [5, 5.41) is 13.4. The van der Waals surface area contributed by atoms with Gasteiger partial charge in [0.05, 0.1) is 0 Å². The number of ether oxygens (including phenoxy) is 1. The van der Waals surface area contributed by atoms with E-state index < -0.39 is 25.3 Å². The van der Waals surface area contributed by atoms with Crippen molar-refractivity contribution in [1.82, 2.24) is 5.32 Å². The van der Waals surface area contributed by atoms with Crippen LogP contribution in [-0.2, 0) is 9.53 Å². The number of amides is 1. The van der Waals surface area contributed by atoms with Crippen molar-refractivity contribution < 1.29 is 27.9 Å². The Hall–Kier alpha value is -1.51. The molecule has 0 unspecified atom stereocenters. The Balaban J connectivity index is 3.43. The van der Waals surface area contributed by atoms with E-state index in [1.807, 2.05) is 0 Å². The minimum Gasteiger partial charge on any atom is -0.409 e. The van der Waals surface area contributed by atoms with E-state index >= 15 is 0 Å². The number of hydrogen-bond acceptors (Lipinski definition) is 4. The summed E-state index contributed by atoms with van der Waals surface area (Å²) in [4.78, 5) is 11.0. The number of nitrogens with two attached hydrogens (primary N) is 1. The standard InChI is InChI=1S/C9H16F3N3O3/c10-9(11,12)6-18-5-8(16)14-4-2-1-3-7(13)15-17/h17H,1-6H2,(H2,13,15)(H,14,16). The lowest BCUT2D eigenvalue weighted by atomic mass is 10.2. The molecular formula is C9H16F3N3O3. The number of carbonyl (C=O) groups excluding carboxylic acids is 1. The van der Waals surface area contributed by atoms with Crippen LogP contribution >= 0.6 is 0 Å². The number of unbranched alkanes of at least 4 members (excludes halogenated alkanes) is 1. The Morgan fingerprint density at radius 2 is 2.06 bits per heavy atom. The Morgan fingerprint density at radius 3 is 2.61 bits per heavy atom. The van der Waals surface area contributed by atoms with E-state index in [4.69, 9.17) is 10.9 Å². The summed E-state index contributed by atoms with van der Waals surface area (Å²) < 4.78 is 39.2. The Morgan fingerprint density at radius 1 is 1.39 bits per heavy atom. The van der Waals surface area contributed by atoms with Crippen molar-refractivity contribution in [2.24, 2.45) is 10.9 Å². The molecule has 6 nitrogen and oxygen atoms in total. The van der Waals surface area contributed by atoms with E-state index in [1.54, 1.807) is 0 Å². The van der Waals surface area contributed by atoms with Gasteiger partial charge < -0.3 is 21.0 Å². The Kier molecular flexibility index (Phi) is 7.84. The summed E-state index contributed by atoms with van der Waals surface area (Å²) in [5.74, 6) is -0.516. The summed E-state index contributed by atoms with van der Waals surface area (Å²) in [6, 6.07) is 0. The Bertz CT molecular complexity index is 282. The average Bonchev–Trinajstić information content (AvgIpc) is 2.26. The van der Waals surface area contributed by atoms with Gasteiger partial charge in [0, 0.05) is 13.0 Å². The average molecular weight is 271 g/mol. The molecule has 1 amide bonds. The first-order chi connectivity index (χ1) is 8.35. The number of hydrogen-bond donors (Lipinski definition) is 3. The van der Waals surface area contributed by atoms with E-state index in [2.05, 4.69) is 15.2 Å². The van der Waals surface area contributed by atoms with Gasteiger partial charge in [0.25, 0.3) is 0 Å². The van der Waals surface area contributed by atoms with Gasteiger partial charge in [-0.3, -0.25) is 4.79 Å². The molecule has 0 aliphatic rings. The number of nitrogens with one attached hydrogen (secondary N) is 1. The van der Waals surface area contributed by atoms with Crippen molar-refractivity contribution in [3.63, 3.8) is 0 Å². The zero-order chi connectivity index (χ0) is 14.0. The fraction of sp³-hybridized carbons (Fsp3) is 0.778. The van der Waals surface area contributed by atoms with Crippen molar-refractivity contribution >= 4 is 11.7 Å². The van der Waals surface area contributed by atoms with Crippen LogP contribution in [0.2, 0.25) is 0 Å². The summed E-state index contributed by atoms with van der Waals surface area (Å²) in [6.45, 7) is -1.77. The molecule has 0 rings (SSSR count). The molecule has 0 aliphatic carbocycles. The smallest absolute Gasteiger partial charge is 0.409 e. The van der Waals surface area contributed by atoms with Crippen molar-refractivity contribution in [2.45, 2.75) is 25.4 Å². The van der Waals surface area contributed by atoms with Crippen LogP contribution in [0.25, 0.3) is 0 Å². The highest BCUT2D eigenvalue weighted by molar-refractivity contribution is 5.79. The zero-order valence-electron chi connectivity index (χ0n) is 9.66. The predicted octanol–water partition coefficient (Wildman–Crippen LogP) is 0.598. The van der Waals surface area contributed by atoms with Crippen molar-refractivity contribution in [3.8, 4) is 0 Å². The molecule has 0 aliphatic heterocycles. The highest BCUT2D eigenvalue weighted by Gasteiger charge is 2.27. The van der Waals surface area contributed by atoms with E-state index in [1.165, 1.54) is 0 Å². The molecule has 0 saturated carbocycles. The molecule has 4 N–H and O–H groups in total. The number of oxime groups is 1. The number of amidine groups is 1. The zero-order valence-corrected chi connectivity index (χ0v) is 9.66. The van der Waals surface area contributed by atoms with Gasteiger partial charge in [-0.25, -0.2) is 0 Å². The SMILES string of the molecule is NC(CCCCNC(=O)COCC(F)(F)F)=NO. The van der Waals surface area contributed by atoms with Crippen molar-refractivity contribution in [1.29, 1.82) is 0 Å². The highest BCUT2D eigenvalue weighted by atomic mass is 19.4. The summed E-state index contributed by atoms with van der Waals surface area (Å²) >= 11 is 0. The second-order valence-electron chi connectivity index (χ2n) is 3.51. The quantitative estimate of drug-likeness (QED) is 0.198. The second kappa shape index (κ2) is 8.56.